The Labute approximate surface area is 99.3 Å². The summed E-state index contributed by atoms with van der Waals surface area (Å²) in [6.07, 6.45) is 1.14. The van der Waals surface area contributed by atoms with Gasteiger partial charge in [0.25, 0.3) is 0 Å². The van der Waals surface area contributed by atoms with Crippen LogP contribution in [0.3, 0.4) is 0 Å². The van der Waals surface area contributed by atoms with Crippen molar-refractivity contribution in [2.24, 2.45) is 0 Å². The second-order valence-electron chi connectivity index (χ2n) is 4.77. The summed E-state index contributed by atoms with van der Waals surface area (Å²) in [6, 6.07) is 0. The Morgan fingerprint density at radius 3 is 2.19 bits per heavy atom. The van der Waals surface area contributed by atoms with Crippen molar-refractivity contribution >= 4 is 0 Å². The molecule has 16 heavy (non-hydrogen) atoms. The summed E-state index contributed by atoms with van der Waals surface area (Å²) >= 11 is 0. The van der Waals surface area contributed by atoms with E-state index < -0.39 is 0 Å². The van der Waals surface area contributed by atoms with E-state index in [0.29, 0.717) is 13.2 Å². The van der Waals surface area contributed by atoms with Crippen molar-refractivity contribution in [3.63, 3.8) is 0 Å². The molecule has 0 aromatic heterocycles. The minimum atomic E-state index is -0.266. The van der Waals surface area contributed by atoms with Crippen LogP contribution in [0.1, 0.15) is 34.1 Å². The van der Waals surface area contributed by atoms with Crippen LogP contribution in [-0.2, 0) is 9.47 Å². The number of ether oxygens (including phenoxy) is 2. The van der Waals surface area contributed by atoms with Crippen LogP contribution in [-0.4, -0.2) is 49.7 Å². The molecule has 0 saturated carbocycles. The Balaban J connectivity index is 3.69. The molecule has 0 saturated heterocycles. The van der Waals surface area contributed by atoms with Crippen LogP contribution >= 0.6 is 0 Å². The van der Waals surface area contributed by atoms with Crippen molar-refractivity contribution in [2.75, 3.05) is 26.9 Å². The van der Waals surface area contributed by atoms with Gasteiger partial charge < -0.3 is 19.9 Å². The van der Waals surface area contributed by atoms with E-state index in [4.69, 9.17) is 9.47 Å². The predicted molar refractivity (Wildman–Crippen MR) is 65.7 cm³/mol. The van der Waals surface area contributed by atoms with E-state index in [0.717, 1.165) is 6.42 Å². The molecular weight excluding hydrogens is 206 g/mol. The van der Waals surface area contributed by atoms with E-state index in [1.807, 2.05) is 34.7 Å². The molecule has 98 valence electrons. The fraction of sp³-hybridized carbons (Fsp3) is 1.00. The summed E-state index contributed by atoms with van der Waals surface area (Å²) in [5.74, 6) is 0. The maximum atomic E-state index is 9.24. The third-order valence-electron chi connectivity index (χ3n) is 2.63. The molecule has 0 bridgehead atoms. The third kappa shape index (κ3) is 7.17. The molecule has 0 radical (unpaired) electrons. The normalized spacial score (nSPS) is 17.4. The van der Waals surface area contributed by atoms with E-state index >= 15 is 0 Å². The highest BCUT2D eigenvalue weighted by molar-refractivity contribution is 4.82. The van der Waals surface area contributed by atoms with Gasteiger partial charge in [-0.3, -0.25) is 0 Å². The molecular formula is C12H27NO3. The summed E-state index contributed by atoms with van der Waals surface area (Å²) in [4.78, 5) is 0. The average Bonchev–Trinajstić information content (AvgIpc) is 2.24. The first kappa shape index (κ1) is 15.8. The molecule has 0 rings (SSSR count). The number of hydrogen-bond acceptors (Lipinski definition) is 4. The Morgan fingerprint density at radius 1 is 1.19 bits per heavy atom. The topological polar surface area (TPSA) is 50.7 Å². The van der Waals surface area contributed by atoms with Gasteiger partial charge in [-0.25, -0.2) is 0 Å². The average molecular weight is 233 g/mol. The highest BCUT2D eigenvalue weighted by Gasteiger charge is 2.23. The fourth-order valence-electron chi connectivity index (χ4n) is 1.47. The van der Waals surface area contributed by atoms with Crippen molar-refractivity contribution in [1.29, 1.82) is 0 Å². The first-order chi connectivity index (χ1) is 7.43. The Kier molecular flexibility index (Phi) is 7.93. The van der Waals surface area contributed by atoms with Crippen LogP contribution in [0.2, 0.25) is 0 Å². The fourth-order valence-corrected chi connectivity index (χ4v) is 1.47. The van der Waals surface area contributed by atoms with Crippen molar-refractivity contribution in [1.82, 2.24) is 5.32 Å². The van der Waals surface area contributed by atoms with Crippen LogP contribution in [0.4, 0.5) is 0 Å². The molecule has 4 nitrogen and oxygen atoms in total. The molecule has 0 aliphatic rings. The van der Waals surface area contributed by atoms with E-state index in [1.165, 1.54) is 0 Å². The summed E-state index contributed by atoms with van der Waals surface area (Å²) in [6.45, 7) is 9.35. The number of rotatable bonds is 9. The lowest BCUT2D eigenvalue weighted by atomic mass is 9.96. The molecule has 0 amide bonds. The zero-order valence-electron chi connectivity index (χ0n) is 11.2. The third-order valence-corrected chi connectivity index (χ3v) is 2.63. The predicted octanol–water partition coefficient (Wildman–Crippen LogP) is 1.18. The molecule has 2 N–H and O–H groups in total. The number of hydrogen-bond donors (Lipinski definition) is 2. The zero-order valence-corrected chi connectivity index (χ0v) is 11.2. The van der Waals surface area contributed by atoms with Gasteiger partial charge >= 0.3 is 0 Å². The summed E-state index contributed by atoms with van der Waals surface area (Å²) in [5, 5.41) is 12.3. The van der Waals surface area contributed by atoms with Crippen molar-refractivity contribution in [2.45, 2.75) is 51.9 Å². The number of aliphatic hydroxyl groups is 1. The Morgan fingerprint density at radius 2 is 1.75 bits per heavy atom. The molecule has 0 aliphatic carbocycles. The highest BCUT2D eigenvalue weighted by Crippen LogP contribution is 2.13. The van der Waals surface area contributed by atoms with Crippen LogP contribution in [0.5, 0.6) is 0 Å². The molecule has 2 atom stereocenters. The largest absolute Gasteiger partial charge is 0.394 e. The van der Waals surface area contributed by atoms with E-state index in [-0.39, 0.29) is 24.4 Å². The quantitative estimate of drug-likeness (QED) is 0.587. The molecule has 0 fully saturated rings. The molecule has 0 spiro atoms. The van der Waals surface area contributed by atoms with Crippen molar-refractivity contribution < 1.29 is 14.6 Å². The van der Waals surface area contributed by atoms with Crippen LogP contribution in [0, 0.1) is 0 Å². The van der Waals surface area contributed by atoms with Crippen molar-refractivity contribution in [3.8, 4) is 0 Å². The Bertz CT molecular complexity index is 170. The van der Waals surface area contributed by atoms with Gasteiger partial charge in [-0.15, -0.1) is 0 Å². The first-order valence-corrected chi connectivity index (χ1v) is 5.96. The van der Waals surface area contributed by atoms with Crippen LogP contribution < -0.4 is 5.32 Å². The second kappa shape index (κ2) is 8.01. The van der Waals surface area contributed by atoms with Gasteiger partial charge in [0.1, 0.15) is 0 Å². The molecule has 2 unspecified atom stereocenters. The van der Waals surface area contributed by atoms with Gasteiger partial charge in [-0.2, -0.15) is 0 Å². The van der Waals surface area contributed by atoms with Gasteiger partial charge in [0.05, 0.1) is 32.0 Å². The lowest BCUT2D eigenvalue weighted by Gasteiger charge is -2.29. The van der Waals surface area contributed by atoms with E-state index in [1.54, 1.807) is 0 Å². The van der Waals surface area contributed by atoms with E-state index in [2.05, 4.69) is 5.32 Å². The van der Waals surface area contributed by atoms with Gasteiger partial charge in [0.15, 0.2) is 0 Å². The summed E-state index contributed by atoms with van der Waals surface area (Å²) in [7, 11) is 1.85. The highest BCUT2D eigenvalue weighted by atomic mass is 16.5. The lowest BCUT2D eigenvalue weighted by Crippen LogP contribution is -2.46. The number of likely N-dealkylation sites (N-methyl/N-ethyl adjacent to an activating group) is 1. The summed E-state index contributed by atoms with van der Waals surface area (Å²) in [5.41, 5.74) is -0.266. The Hall–Kier alpha value is -0.160. The van der Waals surface area contributed by atoms with E-state index in [9.17, 15) is 5.11 Å². The minimum Gasteiger partial charge on any atom is -0.394 e. The van der Waals surface area contributed by atoms with Gasteiger partial charge in [0.2, 0.25) is 0 Å². The maximum Gasteiger partial charge on any atom is 0.0704 e. The monoisotopic (exact) mass is 233 g/mol. The van der Waals surface area contributed by atoms with Gasteiger partial charge in [0, 0.05) is 5.54 Å². The van der Waals surface area contributed by atoms with Gasteiger partial charge in [-0.1, -0.05) is 0 Å². The smallest absolute Gasteiger partial charge is 0.0704 e. The number of nitrogens with one attached hydrogen (secondary N) is 1. The molecule has 0 aromatic carbocycles. The standard InChI is InChI=1S/C12H27NO3/c1-10(2)15-6-7-16-11(3)8-12(4,9-14)13-5/h10-11,13-14H,6-9H2,1-5H3. The maximum absolute atomic E-state index is 9.24. The lowest BCUT2D eigenvalue weighted by molar-refractivity contribution is -0.0200. The minimum absolute atomic E-state index is 0.111. The van der Waals surface area contributed by atoms with Gasteiger partial charge in [-0.05, 0) is 41.2 Å². The SMILES string of the molecule is CNC(C)(CO)CC(C)OCCOC(C)C. The summed E-state index contributed by atoms with van der Waals surface area (Å²) < 4.78 is 11.0. The molecule has 0 aliphatic heterocycles. The van der Waals surface area contributed by atoms with Crippen LogP contribution in [0.15, 0.2) is 0 Å². The second-order valence-corrected chi connectivity index (χ2v) is 4.77. The first-order valence-electron chi connectivity index (χ1n) is 5.96. The molecule has 0 aromatic rings. The molecule has 0 heterocycles. The molecule has 4 heteroatoms. The zero-order chi connectivity index (χ0) is 12.6. The van der Waals surface area contributed by atoms with Crippen LogP contribution in [0.25, 0.3) is 0 Å². The number of aliphatic hydroxyl groups excluding tert-OH is 1. The van der Waals surface area contributed by atoms with Crippen molar-refractivity contribution in [3.05, 3.63) is 0 Å².